The summed E-state index contributed by atoms with van der Waals surface area (Å²) in [5.41, 5.74) is 3.16. The number of anilines is 2. The molecule has 4 rings (SSSR count). The number of para-hydroxylation sites is 1. The van der Waals surface area contributed by atoms with Crippen molar-refractivity contribution in [2.45, 2.75) is 6.61 Å². The number of fused-ring (bicyclic) bond motifs is 1. The van der Waals surface area contributed by atoms with Crippen LogP contribution in [0.1, 0.15) is 5.56 Å². The molecule has 1 aliphatic rings. The van der Waals surface area contributed by atoms with Crippen LogP contribution < -0.4 is 24.3 Å². The number of nitro benzene ring substituents is 1. The molecule has 0 spiro atoms. The Morgan fingerprint density at radius 2 is 1.57 bits per heavy atom. The van der Waals surface area contributed by atoms with E-state index in [2.05, 4.69) is 11.4 Å². The first kappa shape index (κ1) is 20.8. The predicted octanol–water partition coefficient (Wildman–Crippen LogP) is 4.94. The lowest BCUT2D eigenvalue weighted by atomic mass is 10.1. The highest BCUT2D eigenvalue weighted by Crippen LogP contribution is 2.41. The van der Waals surface area contributed by atoms with Crippen molar-refractivity contribution in [1.82, 2.24) is 0 Å². The van der Waals surface area contributed by atoms with Crippen molar-refractivity contribution >= 4 is 17.1 Å². The zero-order valence-corrected chi connectivity index (χ0v) is 16.9. The zero-order valence-electron chi connectivity index (χ0n) is 16.9. The van der Waals surface area contributed by atoms with Crippen molar-refractivity contribution in [3.63, 3.8) is 0 Å². The first-order valence-electron chi connectivity index (χ1n) is 9.08. The SMILES string of the molecule is COc1cc(Nc2ccc3c(c2)OC3)cc(OC)c1OC.O=[N+]([O-])c1ccccc1. The third-order valence-electron chi connectivity index (χ3n) is 4.37. The van der Waals surface area contributed by atoms with Gasteiger partial charge in [-0.15, -0.1) is 0 Å². The Labute approximate surface area is 174 Å². The van der Waals surface area contributed by atoms with Gasteiger partial charge in [-0.1, -0.05) is 18.2 Å². The lowest BCUT2D eigenvalue weighted by Crippen LogP contribution is -2.09. The van der Waals surface area contributed by atoms with E-state index < -0.39 is 4.92 Å². The minimum Gasteiger partial charge on any atom is -0.493 e. The number of non-ortho nitro benzene ring substituents is 1. The number of hydrogen-bond donors (Lipinski definition) is 1. The lowest BCUT2D eigenvalue weighted by Gasteiger charge is -2.21. The van der Waals surface area contributed by atoms with Gasteiger partial charge in [-0.25, -0.2) is 0 Å². The van der Waals surface area contributed by atoms with Crippen molar-refractivity contribution in [3.8, 4) is 23.0 Å². The highest BCUT2D eigenvalue weighted by molar-refractivity contribution is 5.69. The average molecular weight is 410 g/mol. The summed E-state index contributed by atoms with van der Waals surface area (Å²) in [5, 5.41) is 13.3. The molecule has 0 aliphatic carbocycles. The number of methoxy groups -OCH3 is 3. The maximum absolute atomic E-state index is 10.0. The molecule has 8 nitrogen and oxygen atoms in total. The molecular formula is C22H22N2O6. The second-order valence-corrected chi connectivity index (χ2v) is 6.24. The van der Waals surface area contributed by atoms with Gasteiger partial charge in [-0.05, 0) is 12.1 Å². The standard InChI is InChI=1S/C16H17NO4.C6H5NO2/c1-18-14-7-12(8-15(19-2)16(14)20-3)17-11-5-4-10-9-21-13(10)6-11;8-7(9)6-4-2-1-3-5-6/h4-8,17H,9H2,1-3H3;1-5H. The van der Waals surface area contributed by atoms with E-state index >= 15 is 0 Å². The van der Waals surface area contributed by atoms with Gasteiger partial charge in [0.2, 0.25) is 5.75 Å². The normalized spacial score (nSPS) is 10.9. The quantitative estimate of drug-likeness (QED) is 0.454. The van der Waals surface area contributed by atoms with Gasteiger partial charge in [0.05, 0.1) is 26.3 Å². The zero-order chi connectivity index (χ0) is 21.5. The summed E-state index contributed by atoms with van der Waals surface area (Å²) in [7, 11) is 4.78. The average Bonchev–Trinajstić information content (AvgIpc) is 2.76. The number of hydrogen-bond acceptors (Lipinski definition) is 7. The van der Waals surface area contributed by atoms with Gasteiger partial charge >= 0.3 is 0 Å². The second-order valence-electron chi connectivity index (χ2n) is 6.24. The van der Waals surface area contributed by atoms with E-state index in [0.717, 1.165) is 17.1 Å². The van der Waals surface area contributed by atoms with Crippen LogP contribution in [0.5, 0.6) is 23.0 Å². The topological polar surface area (TPSA) is 92.1 Å². The molecule has 0 unspecified atom stereocenters. The minimum absolute atomic E-state index is 0.137. The summed E-state index contributed by atoms with van der Waals surface area (Å²) in [6, 6.07) is 17.7. The van der Waals surface area contributed by atoms with Crippen LogP contribution in [-0.2, 0) is 6.61 Å². The Bertz CT molecular complexity index is 998. The van der Waals surface area contributed by atoms with Gasteiger partial charge in [0, 0.05) is 47.3 Å². The summed E-state index contributed by atoms with van der Waals surface area (Å²) in [5.74, 6) is 2.72. The maximum Gasteiger partial charge on any atom is 0.269 e. The number of rotatable bonds is 6. The molecule has 3 aromatic carbocycles. The molecule has 0 atom stereocenters. The molecule has 8 heteroatoms. The first-order chi connectivity index (χ1) is 14.5. The molecule has 0 saturated carbocycles. The molecule has 1 N–H and O–H groups in total. The van der Waals surface area contributed by atoms with Gasteiger partial charge in [-0.3, -0.25) is 10.1 Å². The van der Waals surface area contributed by atoms with Gasteiger partial charge < -0.3 is 24.3 Å². The molecule has 30 heavy (non-hydrogen) atoms. The van der Waals surface area contributed by atoms with E-state index in [9.17, 15) is 10.1 Å². The number of nitro groups is 1. The van der Waals surface area contributed by atoms with Gasteiger partial charge in [0.25, 0.3) is 5.69 Å². The molecule has 3 aromatic rings. The van der Waals surface area contributed by atoms with Crippen molar-refractivity contribution in [2.24, 2.45) is 0 Å². The number of ether oxygens (including phenoxy) is 4. The molecule has 0 aromatic heterocycles. The third kappa shape index (κ3) is 4.72. The van der Waals surface area contributed by atoms with Crippen LogP contribution in [0.15, 0.2) is 60.7 Å². The molecule has 0 saturated heterocycles. The van der Waals surface area contributed by atoms with Crippen molar-refractivity contribution in [3.05, 3.63) is 76.3 Å². The Kier molecular flexibility index (Phi) is 6.59. The minimum atomic E-state index is -0.417. The first-order valence-corrected chi connectivity index (χ1v) is 9.08. The fraction of sp³-hybridized carbons (Fsp3) is 0.182. The predicted molar refractivity (Wildman–Crippen MR) is 113 cm³/mol. The maximum atomic E-state index is 10.0. The van der Waals surface area contributed by atoms with E-state index in [4.69, 9.17) is 18.9 Å². The van der Waals surface area contributed by atoms with Crippen LogP contribution in [0.4, 0.5) is 17.1 Å². The third-order valence-corrected chi connectivity index (χ3v) is 4.37. The lowest BCUT2D eigenvalue weighted by molar-refractivity contribution is -0.384. The largest absolute Gasteiger partial charge is 0.493 e. The summed E-state index contributed by atoms with van der Waals surface area (Å²) in [6.45, 7) is 0.694. The Morgan fingerprint density at radius 3 is 2.00 bits per heavy atom. The molecule has 1 heterocycles. The van der Waals surface area contributed by atoms with Crippen molar-refractivity contribution in [1.29, 1.82) is 0 Å². The Morgan fingerprint density at radius 1 is 0.900 bits per heavy atom. The highest BCUT2D eigenvalue weighted by atomic mass is 16.6. The van der Waals surface area contributed by atoms with E-state index in [0.29, 0.717) is 23.9 Å². The second kappa shape index (κ2) is 9.51. The van der Waals surface area contributed by atoms with Crippen molar-refractivity contribution < 1.29 is 23.9 Å². The Balaban J connectivity index is 0.000000239. The smallest absolute Gasteiger partial charge is 0.269 e. The monoisotopic (exact) mass is 410 g/mol. The molecule has 0 amide bonds. The van der Waals surface area contributed by atoms with Crippen molar-refractivity contribution in [2.75, 3.05) is 26.6 Å². The van der Waals surface area contributed by atoms with Crippen LogP contribution in [0.2, 0.25) is 0 Å². The molecule has 0 fully saturated rings. The van der Waals surface area contributed by atoms with Gasteiger partial charge in [-0.2, -0.15) is 0 Å². The van der Waals surface area contributed by atoms with Crippen LogP contribution in [0.3, 0.4) is 0 Å². The highest BCUT2D eigenvalue weighted by Gasteiger charge is 2.16. The molecule has 156 valence electrons. The number of nitrogens with one attached hydrogen (secondary N) is 1. The van der Waals surface area contributed by atoms with Crippen LogP contribution in [0.25, 0.3) is 0 Å². The van der Waals surface area contributed by atoms with E-state index in [1.54, 1.807) is 39.5 Å². The molecule has 0 bridgehead atoms. The number of benzene rings is 3. The molecular weight excluding hydrogens is 388 g/mol. The number of nitrogens with zero attached hydrogens (tertiary/aromatic N) is 1. The fourth-order valence-electron chi connectivity index (χ4n) is 2.83. The molecule has 1 aliphatic heterocycles. The van der Waals surface area contributed by atoms with Gasteiger partial charge in [0.15, 0.2) is 11.5 Å². The summed E-state index contributed by atoms with van der Waals surface area (Å²) in [6.07, 6.45) is 0. The van der Waals surface area contributed by atoms with Crippen LogP contribution in [0, 0.1) is 10.1 Å². The summed E-state index contributed by atoms with van der Waals surface area (Å²) >= 11 is 0. The summed E-state index contributed by atoms with van der Waals surface area (Å²) in [4.78, 5) is 9.59. The fourth-order valence-corrected chi connectivity index (χ4v) is 2.83. The van der Waals surface area contributed by atoms with E-state index in [1.807, 2.05) is 24.3 Å². The van der Waals surface area contributed by atoms with E-state index in [-0.39, 0.29) is 5.69 Å². The van der Waals surface area contributed by atoms with Gasteiger partial charge in [0.1, 0.15) is 12.4 Å². The van der Waals surface area contributed by atoms with Crippen LogP contribution in [-0.4, -0.2) is 26.3 Å². The molecule has 0 radical (unpaired) electrons. The van der Waals surface area contributed by atoms with Crippen LogP contribution >= 0.6 is 0 Å². The Hall–Kier alpha value is -3.94. The van der Waals surface area contributed by atoms with E-state index in [1.165, 1.54) is 17.7 Å². The summed E-state index contributed by atoms with van der Waals surface area (Å²) < 4.78 is 21.4.